The predicted octanol–water partition coefficient (Wildman–Crippen LogP) is 2.78. The fourth-order valence-corrected chi connectivity index (χ4v) is 2.82. The normalized spacial score (nSPS) is 12.1. The van der Waals surface area contributed by atoms with Gasteiger partial charge in [-0.25, -0.2) is 14.8 Å². The van der Waals surface area contributed by atoms with Crippen molar-refractivity contribution in [2.75, 3.05) is 5.32 Å². The number of aromatic nitrogens is 4. The highest BCUT2D eigenvalue weighted by Gasteiger charge is 2.22. The number of ether oxygens (including phenoxy) is 1. The second kappa shape index (κ2) is 7.38. The minimum absolute atomic E-state index is 0.318. The molecule has 0 unspecified atom stereocenters. The van der Waals surface area contributed by atoms with Crippen LogP contribution >= 0.6 is 0 Å². The maximum Gasteiger partial charge on any atom is 0.338 e. The second-order valence-electron chi connectivity index (χ2n) is 6.80. The Morgan fingerprint density at radius 3 is 2.29 bits per heavy atom. The van der Waals surface area contributed by atoms with E-state index < -0.39 is 18.0 Å². The lowest BCUT2D eigenvalue weighted by molar-refractivity contribution is -0.123. The maximum absolute atomic E-state index is 12.5. The molecular weight excluding hydrogens is 358 g/mol. The Kier molecular flexibility index (Phi) is 5.13. The number of hydrogen-bond acceptors (Lipinski definition) is 6. The van der Waals surface area contributed by atoms with Crippen LogP contribution in [0.4, 0.5) is 5.69 Å². The van der Waals surface area contributed by atoms with Crippen LogP contribution < -0.4 is 5.32 Å². The van der Waals surface area contributed by atoms with Crippen LogP contribution in [0.1, 0.15) is 40.1 Å². The van der Waals surface area contributed by atoms with Crippen LogP contribution in [-0.4, -0.2) is 37.7 Å². The summed E-state index contributed by atoms with van der Waals surface area (Å²) in [6.45, 7) is 8.94. The molecule has 2 aromatic heterocycles. The largest absolute Gasteiger partial charge is 0.449 e. The van der Waals surface area contributed by atoms with Crippen molar-refractivity contribution in [1.82, 2.24) is 19.7 Å². The van der Waals surface area contributed by atoms with Gasteiger partial charge in [-0.2, -0.15) is 5.10 Å². The topological polar surface area (TPSA) is 99.0 Å². The van der Waals surface area contributed by atoms with Gasteiger partial charge in [-0.1, -0.05) is 0 Å². The van der Waals surface area contributed by atoms with E-state index in [-0.39, 0.29) is 0 Å². The van der Waals surface area contributed by atoms with Crippen LogP contribution in [0.25, 0.3) is 11.0 Å². The van der Waals surface area contributed by atoms with E-state index in [9.17, 15) is 9.59 Å². The molecule has 1 amide bonds. The van der Waals surface area contributed by atoms with E-state index in [0.717, 1.165) is 17.1 Å². The van der Waals surface area contributed by atoms with Gasteiger partial charge in [-0.05, 0) is 52.8 Å². The standard InChI is InChI=1S/C20H23N5O3/c1-10-11(2)22-17-9-15(7-8-16(17)21-10)20(27)28-14(5)19(26)23-18-12(3)24-25(6)13(18)4/h7-9,14H,1-6H3,(H,23,26)/t14-/m1/s1. The van der Waals surface area contributed by atoms with Crippen molar-refractivity contribution in [2.45, 2.75) is 40.7 Å². The number of aryl methyl sites for hydroxylation is 4. The van der Waals surface area contributed by atoms with Crippen LogP contribution in [0.2, 0.25) is 0 Å². The first-order valence-electron chi connectivity index (χ1n) is 8.94. The van der Waals surface area contributed by atoms with E-state index >= 15 is 0 Å². The molecule has 1 N–H and O–H groups in total. The smallest absolute Gasteiger partial charge is 0.338 e. The summed E-state index contributed by atoms with van der Waals surface area (Å²) in [5.74, 6) is -1.01. The first-order chi connectivity index (χ1) is 13.2. The van der Waals surface area contributed by atoms with Gasteiger partial charge in [-0.15, -0.1) is 0 Å². The van der Waals surface area contributed by atoms with Gasteiger partial charge in [0.1, 0.15) is 0 Å². The number of amides is 1. The summed E-state index contributed by atoms with van der Waals surface area (Å²) in [5, 5.41) is 7.03. The molecule has 3 aromatic rings. The summed E-state index contributed by atoms with van der Waals surface area (Å²) in [7, 11) is 1.80. The third-order valence-corrected chi connectivity index (χ3v) is 4.72. The van der Waals surface area contributed by atoms with Gasteiger partial charge in [0.05, 0.1) is 45.1 Å². The molecule has 8 nitrogen and oxygen atoms in total. The summed E-state index contributed by atoms with van der Waals surface area (Å²) >= 11 is 0. The SMILES string of the molecule is Cc1nc2ccc(C(=O)O[C@H](C)C(=O)Nc3c(C)nn(C)c3C)cc2nc1C. The third-order valence-electron chi connectivity index (χ3n) is 4.72. The molecule has 146 valence electrons. The average molecular weight is 381 g/mol. The Balaban J connectivity index is 1.73. The van der Waals surface area contributed by atoms with E-state index in [1.54, 1.807) is 36.9 Å². The van der Waals surface area contributed by atoms with E-state index in [1.807, 2.05) is 20.8 Å². The summed E-state index contributed by atoms with van der Waals surface area (Å²) in [4.78, 5) is 33.8. The van der Waals surface area contributed by atoms with Gasteiger partial charge >= 0.3 is 5.97 Å². The van der Waals surface area contributed by atoms with Gasteiger partial charge < -0.3 is 10.1 Å². The van der Waals surface area contributed by atoms with Crippen molar-refractivity contribution in [3.05, 3.63) is 46.5 Å². The fraction of sp³-hybridized carbons (Fsp3) is 0.350. The highest BCUT2D eigenvalue weighted by Crippen LogP contribution is 2.19. The molecule has 0 spiro atoms. The molecule has 0 saturated heterocycles. The molecule has 0 aliphatic heterocycles. The fourth-order valence-electron chi connectivity index (χ4n) is 2.82. The third kappa shape index (κ3) is 3.71. The lowest BCUT2D eigenvalue weighted by Gasteiger charge is -2.14. The molecule has 8 heteroatoms. The first-order valence-corrected chi connectivity index (χ1v) is 8.94. The van der Waals surface area contributed by atoms with Crippen LogP contribution in [0.15, 0.2) is 18.2 Å². The molecule has 3 rings (SSSR count). The molecular formula is C20H23N5O3. The van der Waals surface area contributed by atoms with E-state index in [1.165, 1.54) is 6.92 Å². The van der Waals surface area contributed by atoms with Crippen LogP contribution in [0, 0.1) is 27.7 Å². The monoisotopic (exact) mass is 381 g/mol. The van der Waals surface area contributed by atoms with Crippen LogP contribution in [0.3, 0.4) is 0 Å². The Morgan fingerprint density at radius 2 is 1.68 bits per heavy atom. The predicted molar refractivity (Wildman–Crippen MR) is 105 cm³/mol. The van der Waals surface area contributed by atoms with Crippen LogP contribution in [-0.2, 0) is 16.6 Å². The summed E-state index contributed by atoms with van der Waals surface area (Å²) in [6, 6.07) is 4.96. The van der Waals surface area contributed by atoms with E-state index in [0.29, 0.717) is 28.0 Å². The summed E-state index contributed by atoms with van der Waals surface area (Å²) < 4.78 is 7.02. The Hall–Kier alpha value is -3.29. The lowest BCUT2D eigenvalue weighted by atomic mass is 10.2. The molecule has 0 aliphatic rings. The van der Waals surface area contributed by atoms with Gasteiger partial charge in [-0.3, -0.25) is 9.48 Å². The molecule has 0 saturated carbocycles. The zero-order valence-corrected chi connectivity index (χ0v) is 16.8. The minimum Gasteiger partial charge on any atom is -0.449 e. The number of anilines is 1. The highest BCUT2D eigenvalue weighted by molar-refractivity contribution is 5.99. The molecule has 0 aliphatic carbocycles. The molecule has 28 heavy (non-hydrogen) atoms. The molecule has 0 fully saturated rings. The number of nitrogens with one attached hydrogen (secondary N) is 1. The number of carbonyl (C=O) groups is 2. The number of rotatable bonds is 4. The van der Waals surface area contributed by atoms with Crippen molar-refractivity contribution in [1.29, 1.82) is 0 Å². The minimum atomic E-state index is -0.965. The zero-order chi connectivity index (χ0) is 20.6. The Morgan fingerprint density at radius 1 is 1.04 bits per heavy atom. The van der Waals surface area contributed by atoms with Gasteiger partial charge in [0, 0.05) is 7.05 Å². The van der Waals surface area contributed by atoms with Gasteiger partial charge in [0.15, 0.2) is 6.10 Å². The van der Waals surface area contributed by atoms with Crippen LogP contribution in [0.5, 0.6) is 0 Å². The van der Waals surface area contributed by atoms with Crippen molar-refractivity contribution < 1.29 is 14.3 Å². The molecule has 0 radical (unpaired) electrons. The molecule has 1 aromatic carbocycles. The van der Waals surface area contributed by atoms with Crippen molar-refractivity contribution in [2.24, 2.45) is 7.05 Å². The number of fused-ring (bicyclic) bond motifs is 1. The van der Waals surface area contributed by atoms with Gasteiger partial charge in [0.2, 0.25) is 0 Å². The Labute approximate surface area is 162 Å². The van der Waals surface area contributed by atoms with Crippen molar-refractivity contribution in [3.63, 3.8) is 0 Å². The van der Waals surface area contributed by atoms with E-state index in [4.69, 9.17) is 4.74 Å². The number of carbonyl (C=O) groups excluding carboxylic acids is 2. The highest BCUT2D eigenvalue weighted by atomic mass is 16.5. The molecule has 2 heterocycles. The number of nitrogens with zero attached hydrogens (tertiary/aromatic N) is 4. The average Bonchev–Trinajstić information content (AvgIpc) is 2.88. The number of esters is 1. The zero-order valence-electron chi connectivity index (χ0n) is 16.8. The second-order valence-corrected chi connectivity index (χ2v) is 6.80. The maximum atomic E-state index is 12.5. The quantitative estimate of drug-likeness (QED) is 0.698. The van der Waals surface area contributed by atoms with Crippen molar-refractivity contribution in [3.8, 4) is 0 Å². The summed E-state index contributed by atoms with van der Waals surface area (Å²) in [5.41, 5.74) is 5.42. The lowest BCUT2D eigenvalue weighted by Crippen LogP contribution is -2.30. The van der Waals surface area contributed by atoms with E-state index in [2.05, 4.69) is 20.4 Å². The first kappa shape index (κ1) is 19.5. The van der Waals surface area contributed by atoms with Crippen molar-refractivity contribution >= 4 is 28.6 Å². The summed E-state index contributed by atoms with van der Waals surface area (Å²) in [6.07, 6.45) is -0.965. The van der Waals surface area contributed by atoms with Gasteiger partial charge in [0.25, 0.3) is 5.91 Å². The number of benzene rings is 1. The Bertz CT molecular complexity index is 1090. The number of hydrogen-bond donors (Lipinski definition) is 1. The molecule has 0 bridgehead atoms. The molecule has 1 atom stereocenters.